The molecule has 0 saturated heterocycles. The third-order valence-electron chi connectivity index (χ3n) is 5.06. The van der Waals surface area contributed by atoms with Crippen LogP contribution in [0.4, 0.5) is 23.1 Å². The number of nitriles is 1. The van der Waals surface area contributed by atoms with Crippen molar-refractivity contribution in [2.24, 2.45) is 0 Å². The molecule has 4 rings (SSSR count). The van der Waals surface area contributed by atoms with Crippen LogP contribution in [-0.2, 0) is 0 Å². The van der Waals surface area contributed by atoms with Gasteiger partial charge in [0.15, 0.2) is 0 Å². The maximum absolute atomic E-state index is 8.93. The van der Waals surface area contributed by atoms with Crippen molar-refractivity contribution < 1.29 is 0 Å². The Morgan fingerprint density at radius 2 is 1.55 bits per heavy atom. The maximum atomic E-state index is 8.93. The zero-order valence-electron chi connectivity index (χ0n) is 17.8. The van der Waals surface area contributed by atoms with E-state index in [4.69, 9.17) is 5.26 Å². The van der Waals surface area contributed by atoms with Crippen LogP contribution in [-0.4, -0.2) is 9.97 Å². The summed E-state index contributed by atoms with van der Waals surface area (Å²) in [5, 5.41) is 15.5. The largest absolute Gasteiger partial charge is 0.340 e. The average Bonchev–Trinajstić information content (AvgIpc) is 2.77. The van der Waals surface area contributed by atoms with Gasteiger partial charge in [0.05, 0.1) is 11.6 Å². The van der Waals surface area contributed by atoms with Crippen molar-refractivity contribution in [2.75, 3.05) is 10.6 Å². The smallest absolute Gasteiger partial charge is 0.229 e. The third-order valence-corrected chi connectivity index (χ3v) is 5.06. The lowest BCUT2D eigenvalue weighted by atomic mass is 9.98. The highest BCUT2D eigenvalue weighted by molar-refractivity contribution is 5.74. The summed E-state index contributed by atoms with van der Waals surface area (Å²) in [5.41, 5.74) is 8.45. The van der Waals surface area contributed by atoms with Crippen molar-refractivity contribution in [1.82, 2.24) is 9.97 Å². The Kier molecular flexibility index (Phi) is 5.63. The molecule has 3 aromatic carbocycles. The van der Waals surface area contributed by atoms with E-state index in [2.05, 4.69) is 83.8 Å². The second-order valence-electron chi connectivity index (χ2n) is 7.56. The Labute approximate surface area is 182 Å². The first-order chi connectivity index (χ1) is 15.0. The van der Waals surface area contributed by atoms with Gasteiger partial charge >= 0.3 is 0 Å². The zero-order valence-corrected chi connectivity index (χ0v) is 17.8. The molecule has 0 aliphatic carbocycles. The van der Waals surface area contributed by atoms with Crippen molar-refractivity contribution in [1.29, 1.82) is 5.26 Å². The SMILES string of the molecule is Cc1cccc(-c2cc(C)c(Nc3ccnc(Nc4ccc(C#N)cc4)n3)c(C)c2)c1. The molecule has 1 heterocycles. The number of aryl methyl sites for hydroxylation is 3. The van der Waals surface area contributed by atoms with E-state index in [1.807, 2.05) is 18.2 Å². The molecule has 4 aromatic rings. The van der Waals surface area contributed by atoms with Gasteiger partial charge in [-0.15, -0.1) is 0 Å². The lowest BCUT2D eigenvalue weighted by Crippen LogP contribution is -2.02. The fourth-order valence-corrected chi connectivity index (χ4v) is 3.53. The highest BCUT2D eigenvalue weighted by Gasteiger charge is 2.09. The molecule has 31 heavy (non-hydrogen) atoms. The fourth-order valence-electron chi connectivity index (χ4n) is 3.53. The number of hydrogen-bond donors (Lipinski definition) is 2. The molecule has 0 aliphatic heterocycles. The van der Waals surface area contributed by atoms with Crippen molar-refractivity contribution in [3.05, 3.63) is 95.2 Å². The fraction of sp³-hybridized carbons (Fsp3) is 0.115. The second kappa shape index (κ2) is 8.68. The van der Waals surface area contributed by atoms with Crippen LogP contribution < -0.4 is 10.6 Å². The molecule has 0 amide bonds. The Balaban J connectivity index is 1.56. The molecule has 0 fully saturated rings. The number of anilines is 4. The number of benzene rings is 3. The molecular weight excluding hydrogens is 382 g/mol. The van der Waals surface area contributed by atoms with Crippen LogP contribution in [0.25, 0.3) is 11.1 Å². The van der Waals surface area contributed by atoms with Crippen LogP contribution in [0.15, 0.2) is 72.9 Å². The van der Waals surface area contributed by atoms with E-state index in [1.54, 1.807) is 18.3 Å². The van der Waals surface area contributed by atoms with E-state index in [1.165, 1.54) is 16.7 Å². The first kappa shape index (κ1) is 20.1. The van der Waals surface area contributed by atoms with Gasteiger partial charge in [-0.05, 0) is 85.5 Å². The van der Waals surface area contributed by atoms with Crippen molar-refractivity contribution in [3.63, 3.8) is 0 Å². The minimum Gasteiger partial charge on any atom is -0.340 e. The Hall–Kier alpha value is -4.17. The van der Waals surface area contributed by atoms with Gasteiger partial charge < -0.3 is 10.6 Å². The zero-order chi connectivity index (χ0) is 21.8. The summed E-state index contributed by atoms with van der Waals surface area (Å²) >= 11 is 0. The van der Waals surface area contributed by atoms with Gasteiger partial charge in [0.25, 0.3) is 0 Å². The van der Waals surface area contributed by atoms with Crippen LogP contribution in [0.1, 0.15) is 22.3 Å². The lowest BCUT2D eigenvalue weighted by Gasteiger charge is -2.15. The van der Waals surface area contributed by atoms with Gasteiger partial charge in [0.1, 0.15) is 5.82 Å². The topological polar surface area (TPSA) is 73.6 Å². The first-order valence-electron chi connectivity index (χ1n) is 10.1. The van der Waals surface area contributed by atoms with Crippen molar-refractivity contribution in [2.45, 2.75) is 20.8 Å². The highest BCUT2D eigenvalue weighted by atomic mass is 15.1. The number of rotatable bonds is 5. The minimum absolute atomic E-state index is 0.487. The van der Waals surface area contributed by atoms with E-state index >= 15 is 0 Å². The molecule has 0 spiro atoms. The maximum Gasteiger partial charge on any atom is 0.229 e. The summed E-state index contributed by atoms with van der Waals surface area (Å²) in [6, 6.07) is 24.1. The summed E-state index contributed by atoms with van der Waals surface area (Å²) in [6.45, 7) is 6.31. The monoisotopic (exact) mass is 405 g/mol. The third kappa shape index (κ3) is 4.71. The number of nitrogens with zero attached hydrogens (tertiary/aromatic N) is 3. The van der Waals surface area contributed by atoms with Crippen LogP contribution in [0, 0.1) is 32.1 Å². The van der Waals surface area contributed by atoms with Gasteiger partial charge in [0.2, 0.25) is 5.95 Å². The predicted molar refractivity (Wildman–Crippen MR) is 126 cm³/mol. The highest BCUT2D eigenvalue weighted by Crippen LogP contribution is 2.30. The van der Waals surface area contributed by atoms with Gasteiger partial charge in [0, 0.05) is 17.6 Å². The molecule has 0 aliphatic rings. The molecule has 0 radical (unpaired) electrons. The Bertz CT molecular complexity index is 1250. The molecule has 0 bridgehead atoms. The van der Waals surface area contributed by atoms with Gasteiger partial charge in [-0.25, -0.2) is 4.98 Å². The molecule has 2 N–H and O–H groups in total. The summed E-state index contributed by atoms with van der Waals surface area (Å²) in [4.78, 5) is 8.88. The Morgan fingerprint density at radius 1 is 0.806 bits per heavy atom. The summed E-state index contributed by atoms with van der Waals surface area (Å²) in [7, 11) is 0. The normalized spacial score (nSPS) is 10.4. The molecular formula is C26H23N5. The predicted octanol–water partition coefficient (Wildman–Crippen LogP) is 6.43. The molecule has 0 unspecified atom stereocenters. The molecule has 0 atom stereocenters. The van der Waals surface area contributed by atoms with E-state index in [9.17, 15) is 0 Å². The van der Waals surface area contributed by atoms with E-state index in [0.29, 0.717) is 17.3 Å². The van der Waals surface area contributed by atoms with Crippen LogP contribution in [0.2, 0.25) is 0 Å². The van der Waals surface area contributed by atoms with Gasteiger partial charge in [-0.2, -0.15) is 10.2 Å². The molecule has 0 saturated carbocycles. The summed E-state index contributed by atoms with van der Waals surface area (Å²) in [5.74, 6) is 1.20. The van der Waals surface area contributed by atoms with Crippen LogP contribution in [0.3, 0.4) is 0 Å². The molecule has 1 aromatic heterocycles. The second-order valence-corrected chi connectivity index (χ2v) is 7.56. The van der Waals surface area contributed by atoms with Crippen LogP contribution >= 0.6 is 0 Å². The van der Waals surface area contributed by atoms with Gasteiger partial charge in [-0.3, -0.25) is 0 Å². The molecule has 5 nitrogen and oxygen atoms in total. The molecule has 152 valence electrons. The van der Waals surface area contributed by atoms with Gasteiger partial charge in [-0.1, -0.05) is 29.8 Å². The van der Waals surface area contributed by atoms with E-state index in [0.717, 1.165) is 22.5 Å². The summed E-state index contributed by atoms with van der Waals surface area (Å²) in [6.07, 6.45) is 1.72. The number of nitrogens with one attached hydrogen (secondary N) is 2. The minimum atomic E-state index is 0.487. The standard InChI is InChI=1S/C26H23N5/c1-17-5-4-6-21(13-17)22-14-18(2)25(19(3)15-22)30-24-11-12-28-26(31-24)29-23-9-7-20(16-27)8-10-23/h4-15H,1-3H3,(H2,28,29,30,31). The summed E-state index contributed by atoms with van der Waals surface area (Å²) < 4.78 is 0. The average molecular weight is 406 g/mol. The van der Waals surface area contributed by atoms with Crippen LogP contribution in [0.5, 0.6) is 0 Å². The van der Waals surface area contributed by atoms with E-state index in [-0.39, 0.29) is 0 Å². The number of aromatic nitrogens is 2. The van der Waals surface area contributed by atoms with Crippen molar-refractivity contribution >= 4 is 23.1 Å². The first-order valence-corrected chi connectivity index (χ1v) is 10.1. The quantitative estimate of drug-likeness (QED) is 0.400. The Morgan fingerprint density at radius 3 is 2.23 bits per heavy atom. The lowest BCUT2D eigenvalue weighted by molar-refractivity contribution is 1.16. The van der Waals surface area contributed by atoms with Crippen molar-refractivity contribution in [3.8, 4) is 17.2 Å². The van der Waals surface area contributed by atoms with E-state index < -0.39 is 0 Å². The number of hydrogen-bond acceptors (Lipinski definition) is 5. The molecule has 5 heteroatoms.